The second-order valence-electron chi connectivity index (χ2n) is 2.50. The van der Waals surface area contributed by atoms with Crippen molar-refractivity contribution in [3.05, 3.63) is 5.82 Å². The molecule has 1 heterocycles. The van der Waals surface area contributed by atoms with Gasteiger partial charge in [-0.15, -0.1) is 5.10 Å². The van der Waals surface area contributed by atoms with Gasteiger partial charge in [0.15, 0.2) is 0 Å². The molecule has 0 aliphatic carbocycles. The second kappa shape index (κ2) is 4.86. The minimum absolute atomic E-state index is 0.00339. The van der Waals surface area contributed by atoms with E-state index in [2.05, 4.69) is 15.2 Å². The van der Waals surface area contributed by atoms with Crippen LogP contribution < -0.4 is 0 Å². The van der Waals surface area contributed by atoms with E-state index in [4.69, 9.17) is 5.11 Å². The van der Waals surface area contributed by atoms with Gasteiger partial charge in [-0.2, -0.15) is 0 Å². The molecule has 0 saturated heterocycles. The number of carboxylic acid groups (broad SMARTS) is 1. The van der Waals surface area contributed by atoms with Crippen molar-refractivity contribution in [3.63, 3.8) is 0 Å². The number of aliphatic carboxylic acids is 1. The Morgan fingerprint density at radius 1 is 1.69 bits per heavy atom. The topological polar surface area (TPSA) is 78.9 Å². The summed E-state index contributed by atoms with van der Waals surface area (Å²) in [6, 6.07) is 0. The summed E-state index contributed by atoms with van der Waals surface area (Å²) < 4.78 is 0. The normalized spacial score (nSPS) is 10.2. The molecule has 72 valence electrons. The first-order chi connectivity index (χ1) is 6.22. The van der Waals surface area contributed by atoms with Gasteiger partial charge in [0, 0.05) is 6.42 Å². The summed E-state index contributed by atoms with van der Waals surface area (Å²) in [5, 5.41) is 15.5. The van der Waals surface area contributed by atoms with Crippen LogP contribution in [0.3, 0.4) is 0 Å². The number of thioether (sulfide) groups is 1. The fraction of sp³-hybridized carbons (Fsp3) is 0.571. The lowest BCUT2D eigenvalue weighted by molar-refractivity contribution is -0.133. The predicted octanol–water partition coefficient (Wildman–Crippen LogP) is 0.934. The summed E-state index contributed by atoms with van der Waals surface area (Å²) >= 11 is 1.12. The number of hydrogen-bond donors (Lipinski definition) is 2. The van der Waals surface area contributed by atoms with Crippen molar-refractivity contribution < 1.29 is 9.90 Å². The third-order valence-electron chi connectivity index (χ3n) is 1.32. The Kier molecular flexibility index (Phi) is 3.75. The van der Waals surface area contributed by atoms with Crippen LogP contribution in [-0.4, -0.2) is 32.0 Å². The van der Waals surface area contributed by atoms with E-state index in [1.165, 1.54) is 0 Å². The Morgan fingerprint density at radius 3 is 3.08 bits per heavy atom. The molecule has 0 aromatic carbocycles. The number of nitrogens with one attached hydrogen (secondary N) is 1. The number of aromatic nitrogens is 3. The van der Waals surface area contributed by atoms with E-state index in [-0.39, 0.29) is 5.75 Å². The Labute approximate surface area is 80.0 Å². The largest absolute Gasteiger partial charge is 0.481 e. The fourth-order valence-electron chi connectivity index (χ4n) is 0.817. The molecule has 0 radical (unpaired) electrons. The van der Waals surface area contributed by atoms with Gasteiger partial charge in [-0.1, -0.05) is 18.7 Å². The maximum Gasteiger partial charge on any atom is 0.313 e. The molecule has 0 spiro atoms. The molecule has 1 aromatic rings. The monoisotopic (exact) mass is 201 g/mol. The maximum atomic E-state index is 10.2. The van der Waals surface area contributed by atoms with Gasteiger partial charge in [0.2, 0.25) is 5.16 Å². The van der Waals surface area contributed by atoms with Crippen LogP contribution in [0, 0.1) is 0 Å². The van der Waals surface area contributed by atoms with Crippen molar-refractivity contribution in [2.45, 2.75) is 24.9 Å². The summed E-state index contributed by atoms with van der Waals surface area (Å²) in [5.41, 5.74) is 0. The third-order valence-corrected chi connectivity index (χ3v) is 2.15. The summed E-state index contributed by atoms with van der Waals surface area (Å²) in [7, 11) is 0. The van der Waals surface area contributed by atoms with E-state index < -0.39 is 5.97 Å². The number of aromatic amines is 1. The highest BCUT2D eigenvalue weighted by atomic mass is 32.2. The zero-order valence-electron chi connectivity index (χ0n) is 7.28. The first kappa shape index (κ1) is 10.0. The summed E-state index contributed by atoms with van der Waals surface area (Å²) in [6.07, 6.45) is 1.85. The Hall–Kier alpha value is -1.04. The van der Waals surface area contributed by atoms with Crippen molar-refractivity contribution >= 4 is 17.7 Å². The van der Waals surface area contributed by atoms with E-state index in [1.54, 1.807) is 0 Å². The lowest BCUT2D eigenvalue weighted by atomic mass is 10.3. The van der Waals surface area contributed by atoms with Gasteiger partial charge in [0.05, 0.1) is 5.75 Å². The molecule has 0 bridgehead atoms. The molecular weight excluding hydrogens is 190 g/mol. The maximum absolute atomic E-state index is 10.2. The molecule has 0 aliphatic heterocycles. The van der Waals surface area contributed by atoms with Crippen molar-refractivity contribution in [1.82, 2.24) is 15.2 Å². The average molecular weight is 201 g/mol. The number of aryl methyl sites for hydroxylation is 1. The molecule has 2 N–H and O–H groups in total. The number of rotatable bonds is 5. The number of nitrogens with zero attached hydrogens (tertiary/aromatic N) is 2. The molecule has 0 unspecified atom stereocenters. The van der Waals surface area contributed by atoms with Crippen molar-refractivity contribution in [3.8, 4) is 0 Å². The number of H-pyrrole nitrogens is 1. The van der Waals surface area contributed by atoms with E-state index in [9.17, 15) is 4.79 Å². The quantitative estimate of drug-likeness (QED) is 0.693. The lowest BCUT2D eigenvalue weighted by Crippen LogP contribution is -1.97. The molecule has 13 heavy (non-hydrogen) atoms. The molecule has 0 saturated carbocycles. The van der Waals surface area contributed by atoms with Crippen molar-refractivity contribution in [2.24, 2.45) is 0 Å². The van der Waals surface area contributed by atoms with Crippen LogP contribution in [0.5, 0.6) is 0 Å². The molecule has 6 heteroatoms. The summed E-state index contributed by atoms with van der Waals surface area (Å²) in [5.74, 6) is -0.0362. The minimum atomic E-state index is -0.855. The molecule has 5 nitrogen and oxygen atoms in total. The number of carboxylic acids is 1. The van der Waals surface area contributed by atoms with E-state index in [0.717, 1.165) is 30.4 Å². The van der Waals surface area contributed by atoms with Crippen molar-refractivity contribution in [1.29, 1.82) is 0 Å². The second-order valence-corrected chi connectivity index (χ2v) is 3.44. The van der Waals surface area contributed by atoms with Crippen LogP contribution >= 0.6 is 11.8 Å². The van der Waals surface area contributed by atoms with Crippen LogP contribution in [0.1, 0.15) is 19.2 Å². The molecule has 0 aliphatic rings. The van der Waals surface area contributed by atoms with Gasteiger partial charge < -0.3 is 5.11 Å². The van der Waals surface area contributed by atoms with Gasteiger partial charge in [-0.05, 0) is 6.42 Å². The Balaban J connectivity index is 2.44. The van der Waals surface area contributed by atoms with Gasteiger partial charge in [0.25, 0.3) is 0 Å². The SMILES string of the molecule is CCCc1nc(SCC(=O)O)n[nH]1. The van der Waals surface area contributed by atoms with Crippen molar-refractivity contribution in [2.75, 3.05) is 5.75 Å². The number of hydrogen-bond acceptors (Lipinski definition) is 4. The molecular formula is C7H11N3O2S. The van der Waals surface area contributed by atoms with Gasteiger partial charge >= 0.3 is 5.97 Å². The third kappa shape index (κ3) is 3.45. The molecule has 1 aromatic heterocycles. The van der Waals surface area contributed by atoms with Crippen LogP contribution in [0.4, 0.5) is 0 Å². The average Bonchev–Trinajstić information content (AvgIpc) is 2.50. The first-order valence-corrected chi connectivity index (χ1v) is 4.96. The van der Waals surface area contributed by atoms with Gasteiger partial charge in [0.1, 0.15) is 5.82 Å². The van der Waals surface area contributed by atoms with Gasteiger partial charge in [-0.3, -0.25) is 9.89 Å². The molecule has 0 fully saturated rings. The van der Waals surface area contributed by atoms with E-state index in [0.29, 0.717) is 5.16 Å². The molecule has 0 atom stereocenters. The zero-order valence-corrected chi connectivity index (χ0v) is 8.10. The predicted molar refractivity (Wildman–Crippen MR) is 48.7 cm³/mol. The van der Waals surface area contributed by atoms with E-state index in [1.807, 2.05) is 6.92 Å². The standard InChI is InChI=1S/C7H11N3O2S/c1-2-3-5-8-7(10-9-5)13-4-6(11)12/h2-4H2,1H3,(H,11,12)(H,8,9,10). The molecule has 1 rings (SSSR count). The van der Waals surface area contributed by atoms with Gasteiger partial charge in [-0.25, -0.2) is 4.98 Å². The molecule has 0 amide bonds. The zero-order chi connectivity index (χ0) is 9.68. The highest BCUT2D eigenvalue weighted by Crippen LogP contribution is 2.11. The lowest BCUT2D eigenvalue weighted by Gasteiger charge is -1.88. The summed E-state index contributed by atoms with van der Waals surface area (Å²) in [6.45, 7) is 2.05. The van der Waals surface area contributed by atoms with Crippen LogP contribution in [0.25, 0.3) is 0 Å². The minimum Gasteiger partial charge on any atom is -0.481 e. The van der Waals surface area contributed by atoms with Crippen LogP contribution in [0.15, 0.2) is 5.16 Å². The van der Waals surface area contributed by atoms with Crippen LogP contribution in [0.2, 0.25) is 0 Å². The highest BCUT2D eigenvalue weighted by Gasteiger charge is 2.05. The highest BCUT2D eigenvalue weighted by molar-refractivity contribution is 7.99. The van der Waals surface area contributed by atoms with Crippen LogP contribution in [-0.2, 0) is 11.2 Å². The summed E-state index contributed by atoms with van der Waals surface area (Å²) in [4.78, 5) is 14.3. The smallest absolute Gasteiger partial charge is 0.313 e. The Bertz CT molecular complexity index is 287. The first-order valence-electron chi connectivity index (χ1n) is 3.98. The number of carbonyl (C=O) groups is 1. The Morgan fingerprint density at radius 2 is 2.46 bits per heavy atom. The van der Waals surface area contributed by atoms with E-state index >= 15 is 0 Å². The fourth-order valence-corrected chi connectivity index (χ4v) is 1.35.